The molecule has 112 valence electrons. The number of ether oxygens (including phenoxy) is 1. The Hall–Kier alpha value is -2.08. The molecule has 2 rings (SSSR count). The maximum atomic E-state index is 12.9. The van der Waals surface area contributed by atoms with Gasteiger partial charge in [0.05, 0.1) is 5.02 Å². The van der Waals surface area contributed by atoms with Crippen molar-refractivity contribution in [3.05, 3.63) is 46.6 Å². The van der Waals surface area contributed by atoms with E-state index < -0.39 is 5.82 Å². The van der Waals surface area contributed by atoms with Crippen LogP contribution in [0.15, 0.2) is 28.8 Å². The summed E-state index contributed by atoms with van der Waals surface area (Å²) in [6, 6.07) is 5.30. The molecule has 0 saturated carbocycles. The van der Waals surface area contributed by atoms with E-state index in [1.807, 2.05) is 13.8 Å². The topological polar surface area (TPSA) is 64.4 Å². The van der Waals surface area contributed by atoms with Gasteiger partial charge in [0, 0.05) is 12.1 Å². The Labute approximate surface area is 126 Å². The Bertz CT molecular complexity index is 643. The molecule has 0 fully saturated rings. The molecule has 1 aromatic heterocycles. The van der Waals surface area contributed by atoms with Crippen molar-refractivity contribution in [1.29, 1.82) is 0 Å². The van der Waals surface area contributed by atoms with Crippen molar-refractivity contribution in [1.82, 2.24) is 10.5 Å². The van der Waals surface area contributed by atoms with Gasteiger partial charge in [0.25, 0.3) is 5.91 Å². The fraction of sp³-hybridized carbons (Fsp3) is 0.286. The van der Waals surface area contributed by atoms with Crippen LogP contribution in [0.5, 0.6) is 5.75 Å². The average molecular weight is 313 g/mol. The monoisotopic (exact) mass is 312 g/mol. The quantitative estimate of drug-likeness (QED) is 0.921. The maximum absolute atomic E-state index is 12.9. The first kappa shape index (κ1) is 15.3. The van der Waals surface area contributed by atoms with Crippen LogP contribution in [0.4, 0.5) is 4.39 Å². The van der Waals surface area contributed by atoms with Gasteiger partial charge in [-0.05, 0) is 32.0 Å². The zero-order valence-corrected chi connectivity index (χ0v) is 12.3. The molecule has 0 radical (unpaired) electrons. The Morgan fingerprint density at radius 3 is 2.90 bits per heavy atom. The van der Waals surface area contributed by atoms with Gasteiger partial charge in [-0.1, -0.05) is 16.8 Å². The molecule has 0 atom stereocenters. The molecule has 1 heterocycles. The number of rotatable bonds is 5. The highest BCUT2D eigenvalue weighted by Crippen LogP contribution is 2.25. The van der Waals surface area contributed by atoms with Gasteiger partial charge in [0.2, 0.25) is 0 Å². The fourth-order valence-corrected chi connectivity index (χ4v) is 1.79. The number of benzene rings is 1. The number of amides is 1. The molecule has 0 unspecified atom stereocenters. The number of aromatic nitrogens is 1. The number of nitrogens with zero attached hydrogens (tertiary/aromatic N) is 1. The molecule has 0 aliphatic heterocycles. The maximum Gasteiger partial charge on any atom is 0.273 e. The molecule has 2 aromatic rings. The summed E-state index contributed by atoms with van der Waals surface area (Å²) in [6.07, 6.45) is 0. The lowest BCUT2D eigenvalue weighted by Crippen LogP contribution is -2.30. The Morgan fingerprint density at radius 2 is 2.24 bits per heavy atom. The van der Waals surface area contributed by atoms with Crippen molar-refractivity contribution in [2.24, 2.45) is 0 Å². The van der Waals surface area contributed by atoms with Crippen molar-refractivity contribution in [2.45, 2.75) is 26.5 Å². The summed E-state index contributed by atoms with van der Waals surface area (Å²) < 4.78 is 23.3. The number of carbonyl (C=O) groups excluding carboxylic acids is 1. The van der Waals surface area contributed by atoms with Crippen LogP contribution < -0.4 is 10.1 Å². The first-order valence-electron chi connectivity index (χ1n) is 6.30. The summed E-state index contributed by atoms with van der Waals surface area (Å²) in [5.74, 6) is -0.0774. The molecule has 5 nitrogen and oxygen atoms in total. The van der Waals surface area contributed by atoms with E-state index in [4.69, 9.17) is 20.9 Å². The normalized spacial score (nSPS) is 10.7. The van der Waals surface area contributed by atoms with E-state index in [0.717, 1.165) is 6.07 Å². The number of halogens is 2. The zero-order chi connectivity index (χ0) is 15.4. The lowest BCUT2D eigenvalue weighted by molar-refractivity contribution is 0.0933. The van der Waals surface area contributed by atoms with E-state index >= 15 is 0 Å². The largest absolute Gasteiger partial charge is 0.484 e. The highest BCUT2D eigenvalue weighted by atomic mass is 35.5. The molecule has 21 heavy (non-hydrogen) atoms. The van der Waals surface area contributed by atoms with E-state index in [-0.39, 0.29) is 29.3 Å². The lowest BCUT2D eigenvalue weighted by atomic mass is 10.3. The Morgan fingerprint density at radius 1 is 1.48 bits per heavy atom. The van der Waals surface area contributed by atoms with E-state index in [2.05, 4.69) is 10.5 Å². The first-order valence-corrected chi connectivity index (χ1v) is 6.68. The zero-order valence-electron chi connectivity index (χ0n) is 11.5. The molecule has 1 aromatic carbocycles. The van der Waals surface area contributed by atoms with Crippen molar-refractivity contribution in [3.8, 4) is 5.75 Å². The lowest BCUT2D eigenvalue weighted by Gasteiger charge is -2.05. The second kappa shape index (κ2) is 6.58. The SMILES string of the molecule is CC(C)NC(=O)c1cc(COc2ccc(F)cc2Cl)on1. The third kappa shape index (κ3) is 4.19. The van der Waals surface area contributed by atoms with E-state index in [1.54, 1.807) is 0 Å². The van der Waals surface area contributed by atoms with Gasteiger partial charge in [0.1, 0.15) is 18.2 Å². The van der Waals surface area contributed by atoms with Gasteiger partial charge < -0.3 is 14.6 Å². The number of hydrogen-bond acceptors (Lipinski definition) is 4. The number of carbonyl (C=O) groups is 1. The summed E-state index contributed by atoms with van der Waals surface area (Å²) in [5, 5.41) is 6.51. The first-order chi connectivity index (χ1) is 9.95. The van der Waals surface area contributed by atoms with Crippen LogP contribution in [0.1, 0.15) is 30.1 Å². The van der Waals surface area contributed by atoms with Crippen LogP contribution in [0, 0.1) is 5.82 Å². The Kier molecular flexibility index (Phi) is 4.80. The summed E-state index contributed by atoms with van der Waals surface area (Å²) in [6.45, 7) is 3.73. The second-order valence-corrected chi connectivity index (χ2v) is 5.08. The summed E-state index contributed by atoms with van der Waals surface area (Å²) >= 11 is 5.83. The predicted octanol–water partition coefficient (Wildman–Crippen LogP) is 3.18. The molecule has 0 saturated heterocycles. The molecular formula is C14H14ClFN2O3. The predicted molar refractivity (Wildman–Crippen MR) is 74.8 cm³/mol. The molecule has 7 heteroatoms. The van der Waals surface area contributed by atoms with Crippen molar-refractivity contribution in [2.75, 3.05) is 0 Å². The smallest absolute Gasteiger partial charge is 0.273 e. The Balaban J connectivity index is 1.98. The van der Waals surface area contributed by atoms with Crippen LogP contribution in [0.3, 0.4) is 0 Å². The van der Waals surface area contributed by atoms with E-state index in [9.17, 15) is 9.18 Å². The van der Waals surface area contributed by atoms with Crippen LogP contribution in [0.2, 0.25) is 5.02 Å². The van der Waals surface area contributed by atoms with Gasteiger partial charge in [-0.3, -0.25) is 4.79 Å². The van der Waals surface area contributed by atoms with Crippen LogP contribution in [-0.2, 0) is 6.61 Å². The highest BCUT2D eigenvalue weighted by molar-refractivity contribution is 6.32. The van der Waals surface area contributed by atoms with Crippen molar-refractivity contribution < 1.29 is 18.4 Å². The third-order valence-electron chi connectivity index (χ3n) is 2.48. The molecule has 0 aliphatic rings. The van der Waals surface area contributed by atoms with Gasteiger partial charge in [0.15, 0.2) is 11.5 Å². The number of hydrogen-bond donors (Lipinski definition) is 1. The van der Waals surface area contributed by atoms with Gasteiger partial charge in [-0.25, -0.2) is 4.39 Å². The van der Waals surface area contributed by atoms with E-state index in [1.165, 1.54) is 18.2 Å². The van der Waals surface area contributed by atoms with Crippen LogP contribution in [-0.4, -0.2) is 17.1 Å². The average Bonchev–Trinajstić information content (AvgIpc) is 2.86. The van der Waals surface area contributed by atoms with Crippen molar-refractivity contribution >= 4 is 17.5 Å². The minimum Gasteiger partial charge on any atom is -0.484 e. The van der Waals surface area contributed by atoms with Gasteiger partial charge in [-0.2, -0.15) is 0 Å². The fourth-order valence-electron chi connectivity index (χ4n) is 1.57. The van der Waals surface area contributed by atoms with Crippen LogP contribution in [0.25, 0.3) is 0 Å². The van der Waals surface area contributed by atoms with E-state index in [0.29, 0.717) is 11.5 Å². The minimum absolute atomic E-state index is 0.00641. The summed E-state index contributed by atoms with van der Waals surface area (Å²) in [5.41, 5.74) is 0.174. The highest BCUT2D eigenvalue weighted by Gasteiger charge is 2.14. The second-order valence-electron chi connectivity index (χ2n) is 4.67. The molecular weight excluding hydrogens is 299 g/mol. The molecule has 0 aliphatic carbocycles. The molecule has 1 amide bonds. The third-order valence-corrected chi connectivity index (χ3v) is 2.77. The van der Waals surface area contributed by atoms with Gasteiger partial charge >= 0.3 is 0 Å². The van der Waals surface area contributed by atoms with Crippen LogP contribution >= 0.6 is 11.6 Å². The standard InChI is InChI=1S/C14H14ClFN2O3/c1-8(2)17-14(19)12-6-10(21-18-12)7-20-13-4-3-9(16)5-11(13)15/h3-6,8H,7H2,1-2H3,(H,17,19). The summed E-state index contributed by atoms with van der Waals surface area (Å²) in [4.78, 5) is 11.7. The number of nitrogens with one attached hydrogen (secondary N) is 1. The molecule has 0 spiro atoms. The van der Waals surface area contributed by atoms with Gasteiger partial charge in [-0.15, -0.1) is 0 Å². The van der Waals surface area contributed by atoms with Crippen molar-refractivity contribution in [3.63, 3.8) is 0 Å². The molecule has 0 bridgehead atoms. The minimum atomic E-state index is -0.445. The molecule has 1 N–H and O–H groups in total. The summed E-state index contributed by atoms with van der Waals surface area (Å²) in [7, 11) is 0.